The molecule has 0 aromatic carbocycles. The van der Waals surface area contributed by atoms with Crippen LogP contribution in [0.4, 0.5) is 0 Å². The maximum absolute atomic E-state index is 12.0. The summed E-state index contributed by atoms with van der Waals surface area (Å²) in [6, 6.07) is 0.505. The Morgan fingerprint density at radius 3 is 2.57 bits per heavy atom. The minimum atomic E-state index is -0.619. The monoisotopic (exact) mass is 297 g/mol. The molecule has 120 valence electrons. The molecule has 3 aliphatic rings. The summed E-state index contributed by atoms with van der Waals surface area (Å²) in [7, 11) is 0. The van der Waals surface area contributed by atoms with Gasteiger partial charge in [0.15, 0.2) is 0 Å². The first kappa shape index (κ1) is 15.2. The summed E-state index contributed by atoms with van der Waals surface area (Å²) >= 11 is 0. The molecule has 0 aromatic rings. The Morgan fingerprint density at radius 2 is 1.86 bits per heavy atom. The fraction of sp³-hybridized carbons (Fsp3) is 0.933. The summed E-state index contributed by atoms with van der Waals surface area (Å²) in [5.41, 5.74) is 6.42. The highest BCUT2D eigenvalue weighted by atomic mass is 16.3. The zero-order chi connectivity index (χ0) is 14.8. The Labute approximate surface area is 125 Å². The smallest absolute Gasteiger partial charge is 0.221 e. The van der Waals surface area contributed by atoms with Crippen LogP contribution in [0.15, 0.2) is 0 Å². The maximum atomic E-state index is 12.0. The molecule has 21 heavy (non-hydrogen) atoms. The number of hydrogen-bond acceptors (Lipinski definition) is 5. The Morgan fingerprint density at radius 1 is 1.05 bits per heavy atom. The van der Waals surface area contributed by atoms with E-state index in [0.29, 0.717) is 31.2 Å². The van der Waals surface area contributed by atoms with E-state index in [1.165, 1.54) is 12.8 Å². The summed E-state index contributed by atoms with van der Waals surface area (Å²) in [5, 5.41) is 22.2. The second-order valence-electron chi connectivity index (χ2n) is 6.94. The van der Waals surface area contributed by atoms with Gasteiger partial charge in [0, 0.05) is 12.5 Å². The number of hydrogen-bond donors (Lipinski definition) is 5. The van der Waals surface area contributed by atoms with Crippen LogP contribution in [0.5, 0.6) is 0 Å². The molecule has 0 spiro atoms. The van der Waals surface area contributed by atoms with Crippen molar-refractivity contribution >= 4 is 5.91 Å². The number of carbonyl (C=O) groups excluding carboxylic acids is 1. The minimum absolute atomic E-state index is 0.0434. The van der Waals surface area contributed by atoms with E-state index < -0.39 is 12.2 Å². The van der Waals surface area contributed by atoms with Gasteiger partial charge in [-0.2, -0.15) is 0 Å². The molecule has 3 rings (SSSR count). The van der Waals surface area contributed by atoms with Gasteiger partial charge >= 0.3 is 0 Å². The highest BCUT2D eigenvalue weighted by molar-refractivity contribution is 5.76. The van der Waals surface area contributed by atoms with Crippen LogP contribution in [0.3, 0.4) is 0 Å². The van der Waals surface area contributed by atoms with Gasteiger partial charge in [0.2, 0.25) is 5.91 Å². The van der Waals surface area contributed by atoms with Crippen LogP contribution in [0, 0.1) is 11.8 Å². The predicted octanol–water partition coefficient (Wildman–Crippen LogP) is 0.00730. The van der Waals surface area contributed by atoms with E-state index in [0.717, 1.165) is 25.2 Å². The molecule has 3 fully saturated rings. The van der Waals surface area contributed by atoms with Crippen molar-refractivity contribution in [2.75, 3.05) is 0 Å². The number of aliphatic hydroxyl groups is 2. The zero-order valence-corrected chi connectivity index (χ0v) is 12.4. The van der Waals surface area contributed by atoms with Gasteiger partial charge in [-0.3, -0.25) is 10.2 Å². The summed E-state index contributed by atoms with van der Waals surface area (Å²) < 4.78 is 0. The van der Waals surface area contributed by atoms with E-state index in [4.69, 9.17) is 0 Å². The van der Waals surface area contributed by atoms with E-state index in [9.17, 15) is 15.0 Å². The zero-order valence-electron chi connectivity index (χ0n) is 12.4. The highest BCUT2D eigenvalue weighted by Gasteiger charge is 2.37. The van der Waals surface area contributed by atoms with Gasteiger partial charge in [-0.25, -0.2) is 5.43 Å². The third-order valence-electron chi connectivity index (χ3n) is 5.13. The standard InChI is InChI=1S/C15H27N3O3/c19-12-5-1-9(7-13(12)20)2-6-15(21)16-14-8-11(17-18-14)10-3-4-10/h9-14,17-20H,1-8H2,(H,16,21). The Balaban J connectivity index is 1.33. The van der Waals surface area contributed by atoms with Gasteiger partial charge in [0.1, 0.15) is 0 Å². The largest absolute Gasteiger partial charge is 0.390 e. The van der Waals surface area contributed by atoms with Crippen molar-refractivity contribution in [1.82, 2.24) is 16.2 Å². The van der Waals surface area contributed by atoms with E-state index in [2.05, 4.69) is 16.2 Å². The minimum Gasteiger partial charge on any atom is -0.390 e. The Bertz CT molecular complexity index is 375. The maximum Gasteiger partial charge on any atom is 0.221 e. The number of aliphatic hydroxyl groups excluding tert-OH is 2. The fourth-order valence-corrected chi connectivity index (χ4v) is 3.56. The lowest BCUT2D eigenvalue weighted by molar-refractivity contribution is -0.122. The van der Waals surface area contributed by atoms with Crippen LogP contribution in [-0.2, 0) is 4.79 Å². The Kier molecular flexibility index (Phi) is 4.78. The molecule has 1 saturated heterocycles. The van der Waals surface area contributed by atoms with Gasteiger partial charge in [-0.1, -0.05) is 0 Å². The SMILES string of the molecule is O=C(CCC1CCC(O)C(O)C1)NC1CC(C2CC2)NN1. The van der Waals surface area contributed by atoms with Crippen molar-refractivity contribution in [3.63, 3.8) is 0 Å². The topological polar surface area (TPSA) is 93.6 Å². The average molecular weight is 297 g/mol. The normalized spacial score (nSPS) is 40.2. The van der Waals surface area contributed by atoms with E-state index in [1.807, 2.05) is 0 Å². The second kappa shape index (κ2) is 6.60. The molecule has 1 aliphatic heterocycles. The van der Waals surface area contributed by atoms with Gasteiger partial charge in [0.25, 0.3) is 0 Å². The first-order chi connectivity index (χ1) is 10.1. The van der Waals surface area contributed by atoms with Crippen molar-refractivity contribution in [2.45, 2.75) is 75.8 Å². The summed E-state index contributed by atoms with van der Waals surface area (Å²) in [6.07, 6.45) is 5.86. The first-order valence-corrected chi connectivity index (χ1v) is 8.28. The molecule has 6 heteroatoms. The number of carbonyl (C=O) groups is 1. The average Bonchev–Trinajstić information content (AvgIpc) is 3.21. The molecule has 2 saturated carbocycles. The summed E-state index contributed by atoms with van der Waals surface area (Å²) in [6.45, 7) is 0. The molecular weight excluding hydrogens is 270 g/mol. The summed E-state index contributed by atoms with van der Waals surface area (Å²) in [5.74, 6) is 1.21. The molecule has 0 bridgehead atoms. The number of hydrazine groups is 1. The lowest BCUT2D eigenvalue weighted by Crippen LogP contribution is -2.44. The third-order valence-corrected chi connectivity index (χ3v) is 5.13. The van der Waals surface area contributed by atoms with Gasteiger partial charge in [-0.05, 0) is 56.8 Å². The van der Waals surface area contributed by atoms with Crippen LogP contribution in [-0.4, -0.2) is 40.5 Å². The molecule has 5 atom stereocenters. The quantitative estimate of drug-likeness (QED) is 0.493. The fourth-order valence-electron chi connectivity index (χ4n) is 3.56. The van der Waals surface area contributed by atoms with E-state index >= 15 is 0 Å². The van der Waals surface area contributed by atoms with Crippen LogP contribution in [0.25, 0.3) is 0 Å². The molecule has 1 amide bonds. The number of amides is 1. The molecule has 1 heterocycles. The molecule has 5 unspecified atom stereocenters. The third kappa shape index (κ3) is 4.16. The van der Waals surface area contributed by atoms with Crippen molar-refractivity contribution in [1.29, 1.82) is 0 Å². The van der Waals surface area contributed by atoms with E-state index in [-0.39, 0.29) is 12.1 Å². The van der Waals surface area contributed by atoms with Gasteiger partial charge < -0.3 is 15.5 Å². The molecule has 0 radical (unpaired) electrons. The van der Waals surface area contributed by atoms with Crippen LogP contribution in [0.2, 0.25) is 0 Å². The first-order valence-electron chi connectivity index (χ1n) is 8.28. The van der Waals surface area contributed by atoms with Gasteiger partial charge in [0.05, 0.1) is 18.4 Å². The highest BCUT2D eigenvalue weighted by Crippen LogP contribution is 2.35. The lowest BCUT2D eigenvalue weighted by Gasteiger charge is -2.29. The number of nitrogens with one attached hydrogen (secondary N) is 3. The van der Waals surface area contributed by atoms with Crippen LogP contribution in [0.1, 0.15) is 51.4 Å². The number of rotatable bonds is 5. The van der Waals surface area contributed by atoms with Gasteiger partial charge in [-0.15, -0.1) is 0 Å². The van der Waals surface area contributed by atoms with Crippen molar-refractivity contribution in [3.05, 3.63) is 0 Å². The summed E-state index contributed by atoms with van der Waals surface area (Å²) in [4.78, 5) is 12.0. The lowest BCUT2D eigenvalue weighted by atomic mass is 9.83. The van der Waals surface area contributed by atoms with Crippen molar-refractivity contribution in [3.8, 4) is 0 Å². The Hall–Kier alpha value is -0.690. The molecule has 6 nitrogen and oxygen atoms in total. The van der Waals surface area contributed by atoms with Crippen molar-refractivity contribution in [2.24, 2.45) is 11.8 Å². The predicted molar refractivity (Wildman–Crippen MR) is 77.9 cm³/mol. The molecule has 2 aliphatic carbocycles. The molecule has 5 N–H and O–H groups in total. The van der Waals surface area contributed by atoms with Crippen molar-refractivity contribution < 1.29 is 15.0 Å². The second-order valence-corrected chi connectivity index (χ2v) is 6.94. The van der Waals surface area contributed by atoms with Crippen LogP contribution < -0.4 is 16.2 Å². The molecule has 0 aromatic heterocycles. The molecular formula is C15H27N3O3. The van der Waals surface area contributed by atoms with Crippen LogP contribution >= 0.6 is 0 Å². The van der Waals surface area contributed by atoms with E-state index in [1.54, 1.807) is 0 Å².